The predicted molar refractivity (Wildman–Crippen MR) is 184 cm³/mol. The number of nitrogens with zero attached hydrogens (tertiary/aromatic N) is 1. The first-order valence-corrected chi connectivity index (χ1v) is 18.7. The molecule has 0 spiro atoms. The van der Waals surface area contributed by atoms with Gasteiger partial charge in [-0.1, -0.05) is 55.3 Å². The van der Waals surface area contributed by atoms with Crippen LogP contribution in [-0.2, 0) is 39.5 Å². The van der Waals surface area contributed by atoms with Crippen molar-refractivity contribution >= 4 is 45.6 Å². The summed E-state index contributed by atoms with van der Waals surface area (Å²) in [5, 5.41) is 8.33. The molecular weight excluding hydrogens is 666 g/mol. The van der Waals surface area contributed by atoms with Gasteiger partial charge in [-0.15, -0.1) is 0 Å². The van der Waals surface area contributed by atoms with Crippen LogP contribution < -0.4 is 31.5 Å². The third kappa shape index (κ3) is 7.05. The Kier molecular flexibility index (Phi) is 9.64. The maximum absolute atomic E-state index is 14.3. The van der Waals surface area contributed by atoms with Gasteiger partial charge in [0, 0.05) is 12.3 Å². The number of allylic oxidation sites excluding steroid dienone is 1. The zero-order valence-electron chi connectivity index (χ0n) is 28.1. The van der Waals surface area contributed by atoms with Crippen molar-refractivity contribution in [2.75, 3.05) is 17.2 Å². The summed E-state index contributed by atoms with van der Waals surface area (Å²) in [6.07, 6.45) is 6.94. The smallest absolute Gasteiger partial charge is 0.293 e. The molecule has 15 heteroatoms. The number of amides is 3. The Morgan fingerprint density at radius 2 is 1.74 bits per heavy atom. The molecule has 0 aromatic heterocycles. The Bertz CT molecular complexity index is 1870. The topological polar surface area (TPSA) is 197 Å². The van der Waals surface area contributed by atoms with Crippen LogP contribution in [0.15, 0.2) is 52.1 Å². The van der Waals surface area contributed by atoms with Crippen molar-refractivity contribution in [2.45, 2.75) is 106 Å². The highest BCUT2D eigenvalue weighted by Crippen LogP contribution is 2.46. The minimum absolute atomic E-state index is 0.0209. The molecule has 6 rings (SSSR count). The Balaban J connectivity index is 1.27. The van der Waals surface area contributed by atoms with Gasteiger partial charge < -0.3 is 25.6 Å². The molecule has 2 aromatic carbocycles. The Morgan fingerprint density at radius 3 is 2.44 bits per heavy atom. The zero-order chi connectivity index (χ0) is 35.8. The molecule has 2 aromatic rings. The fourth-order valence-electron chi connectivity index (χ4n) is 7.00. The van der Waals surface area contributed by atoms with Crippen LogP contribution in [-0.4, -0.2) is 73.0 Å². The number of benzene rings is 1. The Morgan fingerprint density at radius 1 is 1.02 bits per heavy atom. The number of ether oxygens (including phenoxy) is 1. The number of rotatable bonds is 10. The number of sulfonamides is 1. The minimum Gasteiger partial charge on any atom is -0.463 e. The molecule has 2 saturated carbocycles. The molecule has 5 atom stereocenters. The molecule has 2 heterocycles. The second-order valence-electron chi connectivity index (χ2n) is 14.3. The molecule has 0 bridgehead atoms. The fraction of sp³-hybridized carbons (Fsp3) is 0.543. The third-order valence-corrected chi connectivity index (χ3v) is 12.1. The van der Waals surface area contributed by atoms with Crippen LogP contribution >= 0.6 is 0 Å². The molecule has 3 amide bonds. The van der Waals surface area contributed by atoms with Gasteiger partial charge in [-0.2, -0.15) is 0 Å². The highest BCUT2D eigenvalue weighted by atomic mass is 32.2. The number of carbonyl (C=O) groups excluding carboxylic acids is 4. The molecular formula is C35H43N5O9S. The lowest BCUT2D eigenvalue weighted by Crippen LogP contribution is -2.57. The van der Waals surface area contributed by atoms with Gasteiger partial charge in [-0.3, -0.25) is 33.5 Å². The van der Waals surface area contributed by atoms with E-state index in [-0.39, 0.29) is 43.7 Å². The molecule has 0 radical (unpaired) electrons. The van der Waals surface area contributed by atoms with Gasteiger partial charge in [0.1, 0.15) is 35.1 Å². The summed E-state index contributed by atoms with van der Waals surface area (Å²) in [6, 6.07) is 7.20. The predicted octanol–water partition coefficient (Wildman–Crippen LogP) is 1.56. The van der Waals surface area contributed by atoms with Crippen LogP contribution in [0.2, 0.25) is 0 Å². The minimum atomic E-state index is -3.90. The number of hydrogen-bond acceptors (Lipinski definition) is 11. The van der Waals surface area contributed by atoms with Crippen LogP contribution in [0.4, 0.5) is 11.4 Å². The van der Waals surface area contributed by atoms with E-state index in [1.165, 1.54) is 4.90 Å². The molecule has 2 aliphatic heterocycles. The van der Waals surface area contributed by atoms with Gasteiger partial charge in [0.2, 0.25) is 21.8 Å². The maximum atomic E-state index is 14.3. The molecule has 268 valence electrons. The van der Waals surface area contributed by atoms with E-state index in [1.807, 2.05) is 56.3 Å². The number of carbonyl (C=O) groups is 4. The van der Waals surface area contributed by atoms with Gasteiger partial charge in [-0.25, -0.2) is 8.42 Å². The van der Waals surface area contributed by atoms with Crippen LogP contribution in [0, 0.1) is 5.92 Å². The summed E-state index contributed by atoms with van der Waals surface area (Å²) in [5.41, 5.74) is -2.83. The van der Waals surface area contributed by atoms with Gasteiger partial charge in [0.05, 0.1) is 17.3 Å². The average molecular weight is 710 g/mol. The van der Waals surface area contributed by atoms with Crippen molar-refractivity contribution in [3.05, 3.63) is 68.5 Å². The molecule has 4 N–H and O–H groups in total. The summed E-state index contributed by atoms with van der Waals surface area (Å²) in [5.74, 6) is -2.52. The second kappa shape index (κ2) is 13.6. The summed E-state index contributed by atoms with van der Waals surface area (Å²) in [6.45, 7) is 3.85. The fourth-order valence-corrected chi connectivity index (χ4v) is 8.37. The Hall–Kier alpha value is -4.53. The molecule has 2 aliphatic carbocycles. The molecule has 4 aliphatic rings. The van der Waals surface area contributed by atoms with Crippen molar-refractivity contribution in [3.8, 4) is 0 Å². The average Bonchev–Trinajstić information content (AvgIpc) is 4.01. The second-order valence-corrected chi connectivity index (χ2v) is 16.3. The first-order valence-electron chi connectivity index (χ1n) is 17.2. The van der Waals surface area contributed by atoms with Crippen molar-refractivity contribution < 1.29 is 32.3 Å². The maximum Gasteiger partial charge on any atom is 0.293 e. The zero-order valence-corrected chi connectivity index (χ0v) is 28.9. The first-order chi connectivity index (χ1) is 23.8. The Labute approximate surface area is 290 Å². The van der Waals surface area contributed by atoms with Gasteiger partial charge in [0.25, 0.3) is 23.2 Å². The van der Waals surface area contributed by atoms with Crippen LogP contribution in [0.3, 0.4) is 0 Å². The van der Waals surface area contributed by atoms with E-state index in [4.69, 9.17) is 4.74 Å². The quantitative estimate of drug-likeness (QED) is 0.159. The lowest BCUT2D eigenvalue weighted by Gasteiger charge is -2.32. The van der Waals surface area contributed by atoms with Crippen molar-refractivity contribution in [3.63, 3.8) is 0 Å². The standard InChI is InChI=1S/C35H43N5O9S/c1-34(2,21-11-8-6-9-12-21)37-28-27(29(42)30(28)43)36-25-14-10-5-3-4-7-13-22-18-35(22,33(46)39-50(47,48)24-15-16-24)38-31(44)26-17-23(49-20-41)19-40(26)32(25)45/h6-9,11-13,20,22-26,36-37H,3-5,10,14-19H2,1-2H3,(H,38,44)(H,39,46)/b13-7-/t22-,23-,25+,26+,35-/m1/s1. The van der Waals surface area contributed by atoms with Gasteiger partial charge in [-0.05, 0) is 57.9 Å². The largest absolute Gasteiger partial charge is 0.463 e. The summed E-state index contributed by atoms with van der Waals surface area (Å²) in [7, 11) is -3.90. The van der Waals surface area contributed by atoms with E-state index >= 15 is 0 Å². The highest BCUT2D eigenvalue weighted by molar-refractivity contribution is 7.91. The number of nitrogens with one attached hydrogen (secondary N) is 4. The normalized spacial score (nSPS) is 28.2. The summed E-state index contributed by atoms with van der Waals surface area (Å²) < 4.78 is 32.7. The van der Waals surface area contributed by atoms with Crippen molar-refractivity contribution in [1.29, 1.82) is 0 Å². The van der Waals surface area contributed by atoms with Gasteiger partial charge >= 0.3 is 0 Å². The molecule has 14 nitrogen and oxygen atoms in total. The number of fused-ring (bicyclic) bond motifs is 2. The third-order valence-electron chi connectivity index (χ3n) is 10.3. The lowest BCUT2D eigenvalue weighted by atomic mass is 9.93. The van der Waals surface area contributed by atoms with E-state index in [1.54, 1.807) is 0 Å². The van der Waals surface area contributed by atoms with Crippen LogP contribution in [0.5, 0.6) is 0 Å². The van der Waals surface area contributed by atoms with E-state index < -0.39 is 79.0 Å². The summed E-state index contributed by atoms with van der Waals surface area (Å²) >= 11 is 0. The SMILES string of the molecule is CC(C)(Nc1c(N[C@H]2CCCCC/C=C\[C@@H]3C[C@@]3(C(=O)NS(=O)(=O)C3CC3)NC(=O)[C@@H]3C[C@@H](OC=O)CN3C2=O)c(=O)c1=O)c1ccccc1. The van der Waals surface area contributed by atoms with E-state index in [2.05, 4.69) is 20.7 Å². The van der Waals surface area contributed by atoms with Crippen LogP contribution in [0.1, 0.15) is 77.2 Å². The first kappa shape index (κ1) is 35.3. The van der Waals surface area contributed by atoms with Crippen molar-refractivity contribution in [2.24, 2.45) is 5.92 Å². The summed E-state index contributed by atoms with van der Waals surface area (Å²) in [4.78, 5) is 80.1. The van der Waals surface area contributed by atoms with Crippen LogP contribution in [0.25, 0.3) is 0 Å². The molecule has 3 fully saturated rings. The van der Waals surface area contributed by atoms with E-state index in [9.17, 15) is 37.2 Å². The lowest BCUT2D eigenvalue weighted by molar-refractivity contribution is -0.140. The van der Waals surface area contributed by atoms with Crippen molar-refractivity contribution in [1.82, 2.24) is 14.9 Å². The monoisotopic (exact) mass is 709 g/mol. The number of hydrogen-bond donors (Lipinski definition) is 4. The number of anilines is 2. The van der Waals surface area contributed by atoms with E-state index in [0.29, 0.717) is 25.7 Å². The highest BCUT2D eigenvalue weighted by Gasteiger charge is 2.62. The molecule has 1 saturated heterocycles. The molecule has 0 unspecified atom stereocenters. The van der Waals surface area contributed by atoms with E-state index in [0.717, 1.165) is 18.4 Å². The van der Waals surface area contributed by atoms with Gasteiger partial charge in [0.15, 0.2) is 0 Å². The molecule has 50 heavy (non-hydrogen) atoms.